The van der Waals surface area contributed by atoms with Crippen molar-refractivity contribution in [3.63, 3.8) is 0 Å². The Bertz CT molecular complexity index is 1370. The summed E-state index contributed by atoms with van der Waals surface area (Å²) in [5, 5.41) is 10.7. The molecule has 0 N–H and O–H groups in total. The van der Waals surface area contributed by atoms with Crippen LogP contribution in [0.15, 0.2) is 30.5 Å². The van der Waals surface area contributed by atoms with Crippen LogP contribution in [-0.2, 0) is 5.41 Å². The summed E-state index contributed by atoms with van der Waals surface area (Å²) in [5.41, 5.74) is 1.48. The number of carbonyl (C=O) groups is 1. The molecule has 3 aromatic rings. The Labute approximate surface area is 205 Å². The molecule has 2 aliphatic heterocycles. The van der Waals surface area contributed by atoms with Crippen molar-refractivity contribution in [1.82, 2.24) is 14.5 Å². The van der Waals surface area contributed by atoms with Crippen molar-refractivity contribution in [2.24, 2.45) is 0 Å². The fraction of sp³-hybridized carbons (Fsp3) is 0.464. The normalized spacial score (nSPS) is 20.5. The van der Waals surface area contributed by atoms with E-state index in [1.165, 1.54) is 36.9 Å². The Morgan fingerprint density at radius 2 is 1.80 bits per heavy atom. The van der Waals surface area contributed by atoms with E-state index in [1.807, 2.05) is 43.0 Å². The molecule has 4 heterocycles. The number of nitriles is 1. The van der Waals surface area contributed by atoms with Crippen LogP contribution in [-0.4, -0.2) is 52.5 Å². The van der Waals surface area contributed by atoms with Crippen LogP contribution in [0.5, 0.6) is 0 Å². The zero-order chi connectivity index (χ0) is 24.3. The Morgan fingerprint density at radius 1 is 1.09 bits per heavy atom. The van der Waals surface area contributed by atoms with Crippen LogP contribution in [0.4, 0.5) is 10.2 Å². The van der Waals surface area contributed by atoms with Crippen molar-refractivity contribution in [3.8, 4) is 6.19 Å². The van der Waals surface area contributed by atoms with Gasteiger partial charge in [0.2, 0.25) is 0 Å². The highest BCUT2D eigenvalue weighted by atomic mass is 19.1. The highest BCUT2D eigenvalue weighted by molar-refractivity contribution is 6.20. The van der Waals surface area contributed by atoms with Gasteiger partial charge in [0, 0.05) is 47.3 Å². The highest BCUT2D eigenvalue weighted by Gasteiger charge is 2.45. The van der Waals surface area contributed by atoms with Crippen LogP contribution in [0.25, 0.3) is 10.9 Å². The van der Waals surface area contributed by atoms with Crippen LogP contribution in [0.1, 0.15) is 73.1 Å². The van der Waals surface area contributed by atoms with Crippen molar-refractivity contribution in [2.75, 3.05) is 31.1 Å². The van der Waals surface area contributed by atoms with Crippen LogP contribution >= 0.6 is 0 Å². The van der Waals surface area contributed by atoms with Crippen LogP contribution in [0, 0.1) is 17.3 Å². The number of aromatic nitrogens is 2. The molecule has 0 atom stereocenters. The first-order valence-corrected chi connectivity index (χ1v) is 12.7. The molecular formula is C28H30FN5O. The number of nitrogens with zero attached hydrogens (tertiary/aromatic N) is 5. The lowest BCUT2D eigenvalue weighted by molar-refractivity contribution is 0.103. The molecule has 2 aromatic heterocycles. The minimum Gasteiger partial charge on any atom is -0.354 e. The van der Waals surface area contributed by atoms with Gasteiger partial charge in [-0.1, -0.05) is 38.5 Å². The number of likely N-dealkylation sites (tertiary alicyclic amines) is 1. The van der Waals surface area contributed by atoms with Gasteiger partial charge in [-0.05, 0) is 44.8 Å². The predicted molar refractivity (Wildman–Crippen MR) is 133 cm³/mol. The van der Waals surface area contributed by atoms with Crippen LogP contribution < -0.4 is 4.90 Å². The maximum Gasteiger partial charge on any atom is 0.197 e. The summed E-state index contributed by atoms with van der Waals surface area (Å²) >= 11 is 0. The fourth-order valence-electron chi connectivity index (χ4n) is 6.63. The molecule has 35 heavy (non-hydrogen) atoms. The van der Waals surface area contributed by atoms with E-state index in [9.17, 15) is 10.1 Å². The standard InChI is InChI=1S/C28H30FN5O/c1-28(2)23-20(25(35)22-19-8-4-5-9-21(19)34(17-30)26(22)28)16-31-27(24(23)29)33-14-10-18(11-15-33)32-12-6-3-7-13-32/h4-5,8-9,16,18H,3,6-7,10-15H2,1-2H3. The monoisotopic (exact) mass is 471 g/mol. The molecule has 6 rings (SSSR count). The van der Waals surface area contributed by atoms with Gasteiger partial charge < -0.3 is 9.80 Å². The summed E-state index contributed by atoms with van der Waals surface area (Å²) in [6.07, 6.45) is 9.63. The number of anilines is 1. The van der Waals surface area contributed by atoms with Gasteiger partial charge in [0.1, 0.15) is 0 Å². The van der Waals surface area contributed by atoms with Gasteiger partial charge in [-0.2, -0.15) is 5.26 Å². The molecule has 3 aliphatic rings. The number of carbonyl (C=O) groups excluding carboxylic acids is 1. The number of rotatable bonds is 2. The minimum atomic E-state index is -0.874. The maximum absolute atomic E-state index is 16.3. The number of para-hydroxylation sites is 1. The van der Waals surface area contributed by atoms with Gasteiger partial charge in [-0.15, -0.1) is 0 Å². The average molecular weight is 472 g/mol. The van der Waals surface area contributed by atoms with Gasteiger partial charge in [-0.25, -0.2) is 13.9 Å². The Balaban J connectivity index is 1.39. The molecule has 0 radical (unpaired) electrons. The first-order valence-electron chi connectivity index (χ1n) is 12.7. The first-order chi connectivity index (χ1) is 16.9. The lowest BCUT2D eigenvalue weighted by Gasteiger charge is -2.41. The highest BCUT2D eigenvalue weighted by Crippen LogP contribution is 2.47. The number of benzene rings is 1. The van der Waals surface area contributed by atoms with Gasteiger partial charge in [-0.3, -0.25) is 4.79 Å². The van der Waals surface area contributed by atoms with Gasteiger partial charge >= 0.3 is 0 Å². The summed E-state index contributed by atoms with van der Waals surface area (Å²) in [4.78, 5) is 22.8. The molecule has 6 nitrogen and oxygen atoms in total. The van der Waals surface area contributed by atoms with Crippen molar-refractivity contribution >= 4 is 22.5 Å². The van der Waals surface area contributed by atoms with E-state index < -0.39 is 11.2 Å². The SMILES string of the molecule is CC1(C)c2c(cnc(N3CCC(N4CCCCC4)CC3)c2F)C(=O)c2c1n(C#N)c1ccccc21. The largest absolute Gasteiger partial charge is 0.354 e. The van der Waals surface area contributed by atoms with Crippen molar-refractivity contribution < 1.29 is 9.18 Å². The van der Waals surface area contributed by atoms with E-state index in [4.69, 9.17) is 0 Å². The average Bonchev–Trinajstić information content (AvgIpc) is 3.24. The lowest BCUT2D eigenvalue weighted by atomic mass is 9.71. The molecule has 0 unspecified atom stereocenters. The minimum absolute atomic E-state index is 0.263. The molecule has 2 fully saturated rings. The predicted octanol–water partition coefficient (Wildman–Crippen LogP) is 4.83. The Morgan fingerprint density at radius 3 is 2.51 bits per heavy atom. The molecule has 0 spiro atoms. The molecular weight excluding hydrogens is 441 g/mol. The van der Waals surface area contributed by atoms with Crippen LogP contribution in [0.2, 0.25) is 0 Å². The van der Waals surface area contributed by atoms with E-state index in [0.717, 1.165) is 31.3 Å². The lowest BCUT2D eigenvalue weighted by Crippen LogP contribution is -2.47. The maximum atomic E-state index is 16.3. The van der Waals surface area contributed by atoms with Gasteiger partial charge in [0.15, 0.2) is 23.6 Å². The van der Waals surface area contributed by atoms with E-state index in [-0.39, 0.29) is 5.78 Å². The number of fused-ring (bicyclic) bond motifs is 4. The van der Waals surface area contributed by atoms with Crippen molar-refractivity contribution in [1.29, 1.82) is 5.26 Å². The quantitative estimate of drug-likeness (QED) is 0.536. The molecule has 1 aliphatic carbocycles. The van der Waals surface area contributed by atoms with E-state index in [1.54, 1.807) is 6.20 Å². The first kappa shape index (κ1) is 22.2. The third kappa shape index (κ3) is 3.23. The van der Waals surface area contributed by atoms with Gasteiger partial charge in [0.25, 0.3) is 0 Å². The van der Waals surface area contributed by atoms with E-state index >= 15 is 4.39 Å². The molecule has 0 amide bonds. The summed E-state index contributed by atoms with van der Waals surface area (Å²) in [6, 6.07) is 7.94. The third-order valence-corrected chi connectivity index (χ3v) is 8.34. The molecule has 0 saturated carbocycles. The summed E-state index contributed by atoms with van der Waals surface area (Å²) < 4.78 is 17.8. The van der Waals surface area contributed by atoms with E-state index in [2.05, 4.69) is 16.1 Å². The fourth-order valence-corrected chi connectivity index (χ4v) is 6.63. The van der Waals surface area contributed by atoms with Crippen molar-refractivity contribution in [2.45, 2.75) is 57.4 Å². The molecule has 2 saturated heterocycles. The second kappa shape index (κ2) is 8.17. The Hall–Kier alpha value is -3.24. The molecule has 7 heteroatoms. The zero-order valence-electron chi connectivity index (χ0n) is 20.4. The molecule has 180 valence electrons. The number of hydrogen-bond acceptors (Lipinski definition) is 5. The number of halogens is 1. The summed E-state index contributed by atoms with van der Waals surface area (Å²) in [7, 11) is 0. The second-order valence-corrected chi connectivity index (χ2v) is 10.6. The van der Waals surface area contributed by atoms with Crippen molar-refractivity contribution in [3.05, 3.63) is 58.7 Å². The number of piperidine rings is 2. The topological polar surface area (TPSA) is 65.2 Å². The number of pyridine rings is 1. The van der Waals surface area contributed by atoms with Crippen LogP contribution in [0.3, 0.4) is 0 Å². The second-order valence-electron chi connectivity index (χ2n) is 10.6. The summed E-state index contributed by atoms with van der Waals surface area (Å²) in [5.74, 6) is -0.372. The molecule has 1 aromatic carbocycles. The third-order valence-electron chi connectivity index (χ3n) is 8.34. The van der Waals surface area contributed by atoms with E-state index in [0.29, 0.717) is 39.8 Å². The Kier molecular flexibility index (Phi) is 5.19. The van der Waals surface area contributed by atoms with Gasteiger partial charge in [0.05, 0.1) is 16.8 Å². The number of hydrogen-bond donors (Lipinski definition) is 0. The molecule has 0 bridgehead atoms. The number of ketones is 1. The smallest absolute Gasteiger partial charge is 0.197 e. The zero-order valence-corrected chi connectivity index (χ0v) is 20.4. The summed E-state index contributed by atoms with van der Waals surface area (Å²) in [6.45, 7) is 7.64.